The van der Waals surface area contributed by atoms with E-state index in [4.69, 9.17) is 0 Å². The van der Waals surface area contributed by atoms with Crippen LogP contribution in [0.15, 0.2) is 279 Å². The lowest BCUT2D eigenvalue weighted by Gasteiger charge is -2.11. The lowest BCUT2D eigenvalue weighted by Crippen LogP contribution is -1.86. The molecule has 0 saturated heterocycles. The Morgan fingerprint density at radius 1 is 0.0909 bits per heavy atom. The molecule has 0 N–H and O–H groups in total. The predicted octanol–water partition coefficient (Wildman–Crippen LogP) is 18.4. The van der Waals surface area contributed by atoms with E-state index >= 15 is 0 Å². The van der Waals surface area contributed by atoms with Crippen LogP contribution in [-0.2, 0) is 0 Å². The van der Waals surface area contributed by atoms with Gasteiger partial charge < -0.3 is 0 Å². The van der Waals surface area contributed by atoms with Crippen LogP contribution < -0.4 is 0 Å². The van der Waals surface area contributed by atoms with Crippen LogP contribution in [0.1, 0.15) is 0 Å². The smallest absolute Gasteiger partial charge is 0.0178 e. The Labute approximate surface area is 388 Å². The summed E-state index contributed by atoms with van der Waals surface area (Å²) in [7, 11) is 0. The normalized spacial score (nSPS) is 11.0. The molecule has 11 rings (SSSR count). The maximum atomic E-state index is 2.31. The SMILES string of the molecule is c1ccc(-c2ccc(-c3cccc(-c4cccc(-c5ccc(-c6cccc(-c7cccc(-c8ccc(-c9cccc(-c%10cccc(-c%11ccccc%11)c%10)c9)cc8)c7)c6)cc5)c4)c3)cc2)cc1. The molecule has 66 heavy (non-hydrogen) atoms. The standard InChI is InChI=1S/C66H46/c1-3-13-47(14-4-1)49-29-31-50(32-30-49)56-18-8-25-63(42-56)64-26-10-20-58(44-64)53-37-39-54(40-38-53)60-22-12-28-66(46-60)65-27-11-21-59(45-65)52-35-33-51(34-36-52)57-19-9-24-62(43-57)61-23-7-17-55(41-61)48-15-5-2-6-16-48/h1-46H. The van der Waals surface area contributed by atoms with Gasteiger partial charge in [0.05, 0.1) is 0 Å². The number of hydrogen-bond donors (Lipinski definition) is 0. The number of benzene rings is 11. The molecule has 310 valence electrons. The van der Waals surface area contributed by atoms with E-state index in [1.165, 1.54) is 111 Å². The van der Waals surface area contributed by atoms with Crippen LogP contribution in [0.2, 0.25) is 0 Å². The van der Waals surface area contributed by atoms with Gasteiger partial charge in [0.15, 0.2) is 0 Å². The van der Waals surface area contributed by atoms with E-state index in [1.807, 2.05) is 0 Å². The molecule has 0 atom stereocenters. The van der Waals surface area contributed by atoms with Crippen LogP contribution in [0.3, 0.4) is 0 Å². The molecule has 0 aliphatic rings. The zero-order valence-corrected chi connectivity index (χ0v) is 36.6. The predicted molar refractivity (Wildman–Crippen MR) is 281 cm³/mol. The van der Waals surface area contributed by atoms with Crippen molar-refractivity contribution < 1.29 is 0 Å². The van der Waals surface area contributed by atoms with Crippen LogP contribution in [0.5, 0.6) is 0 Å². The molecule has 0 unspecified atom stereocenters. The Morgan fingerprint density at radius 3 is 0.409 bits per heavy atom. The summed E-state index contributed by atoms with van der Waals surface area (Å²) in [4.78, 5) is 0. The highest BCUT2D eigenvalue weighted by molar-refractivity contribution is 5.82. The molecule has 0 bridgehead atoms. The van der Waals surface area contributed by atoms with Gasteiger partial charge >= 0.3 is 0 Å². The summed E-state index contributed by atoms with van der Waals surface area (Å²) in [5.41, 5.74) is 24.2. The summed E-state index contributed by atoms with van der Waals surface area (Å²) in [5.74, 6) is 0. The average molecular weight is 839 g/mol. The first-order chi connectivity index (χ1) is 32.7. The molecule has 11 aromatic rings. The Hall–Kier alpha value is -8.58. The van der Waals surface area contributed by atoms with Crippen molar-refractivity contribution in [2.45, 2.75) is 0 Å². The van der Waals surface area contributed by atoms with Crippen molar-refractivity contribution >= 4 is 0 Å². The van der Waals surface area contributed by atoms with Gasteiger partial charge in [-0.05, 0) is 148 Å². The topological polar surface area (TPSA) is 0 Å². The summed E-state index contributed by atoms with van der Waals surface area (Å²) < 4.78 is 0. The quantitative estimate of drug-likeness (QED) is 0.129. The summed E-state index contributed by atoms with van der Waals surface area (Å²) in [5, 5.41) is 0. The Balaban J connectivity index is 0.784. The van der Waals surface area contributed by atoms with Crippen LogP contribution in [0.4, 0.5) is 0 Å². The molecule has 0 aliphatic heterocycles. The van der Waals surface area contributed by atoms with Gasteiger partial charge in [-0.25, -0.2) is 0 Å². The monoisotopic (exact) mass is 838 g/mol. The summed E-state index contributed by atoms with van der Waals surface area (Å²) in [6, 6.07) is 101. The molecule has 0 heteroatoms. The third kappa shape index (κ3) is 8.69. The zero-order valence-electron chi connectivity index (χ0n) is 36.6. The van der Waals surface area contributed by atoms with Crippen LogP contribution in [-0.4, -0.2) is 0 Å². The molecular formula is C66H46. The third-order valence-corrected chi connectivity index (χ3v) is 12.7. The Morgan fingerprint density at radius 2 is 0.212 bits per heavy atom. The second-order valence-corrected chi connectivity index (χ2v) is 16.9. The molecule has 0 amide bonds. The van der Waals surface area contributed by atoms with Crippen LogP contribution in [0.25, 0.3) is 111 Å². The van der Waals surface area contributed by atoms with Crippen LogP contribution >= 0.6 is 0 Å². The maximum absolute atomic E-state index is 2.31. The second kappa shape index (κ2) is 18.3. The van der Waals surface area contributed by atoms with Gasteiger partial charge in [-0.1, -0.05) is 243 Å². The van der Waals surface area contributed by atoms with E-state index in [1.54, 1.807) is 0 Å². The highest BCUT2D eigenvalue weighted by Crippen LogP contribution is 2.35. The van der Waals surface area contributed by atoms with Crippen molar-refractivity contribution in [1.29, 1.82) is 0 Å². The number of hydrogen-bond acceptors (Lipinski definition) is 0. The van der Waals surface area contributed by atoms with Crippen molar-refractivity contribution in [1.82, 2.24) is 0 Å². The molecule has 0 radical (unpaired) electrons. The van der Waals surface area contributed by atoms with E-state index in [2.05, 4.69) is 279 Å². The summed E-state index contributed by atoms with van der Waals surface area (Å²) in [6.07, 6.45) is 0. The van der Waals surface area contributed by atoms with Gasteiger partial charge in [0.25, 0.3) is 0 Å². The summed E-state index contributed by atoms with van der Waals surface area (Å²) >= 11 is 0. The van der Waals surface area contributed by atoms with Crippen molar-refractivity contribution in [2.24, 2.45) is 0 Å². The van der Waals surface area contributed by atoms with Crippen molar-refractivity contribution in [3.63, 3.8) is 0 Å². The van der Waals surface area contributed by atoms with Gasteiger partial charge in [0.2, 0.25) is 0 Å². The Kier molecular flexibility index (Phi) is 11.1. The van der Waals surface area contributed by atoms with Crippen molar-refractivity contribution in [2.75, 3.05) is 0 Å². The highest BCUT2D eigenvalue weighted by Gasteiger charge is 2.10. The minimum Gasteiger partial charge on any atom is -0.0622 e. The molecule has 0 saturated carbocycles. The van der Waals surface area contributed by atoms with Gasteiger partial charge in [-0.2, -0.15) is 0 Å². The minimum absolute atomic E-state index is 1.20. The molecule has 0 heterocycles. The summed E-state index contributed by atoms with van der Waals surface area (Å²) in [6.45, 7) is 0. The molecule has 0 nitrogen and oxygen atoms in total. The second-order valence-electron chi connectivity index (χ2n) is 16.9. The fourth-order valence-corrected chi connectivity index (χ4v) is 9.10. The third-order valence-electron chi connectivity index (χ3n) is 12.7. The fourth-order valence-electron chi connectivity index (χ4n) is 9.10. The van der Waals surface area contributed by atoms with E-state index < -0.39 is 0 Å². The van der Waals surface area contributed by atoms with E-state index in [-0.39, 0.29) is 0 Å². The van der Waals surface area contributed by atoms with E-state index in [9.17, 15) is 0 Å². The lowest BCUT2D eigenvalue weighted by atomic mass is 9.93. The van der Waals surface area contributed by atoms with Gasteiger partial charge in [0.1, 0.15) is 0 Å². The first-order valence-corrected chi connectivity index (χ1v) is 22.7. The highest BCUT2D eigenvalue weighted by atomic mass is 14.1. The van der Waals surface area contributed by atoms with E-state index in [0.29, 0.717) is 0 Å². The molecule has 0 spiro atoms. The Bertz CT molecular complexity index is 3420. The van der Waals surface area contributed by atoms with Crippen LogP contribution in [0, 0.1) is 0 Å². The van der Waals surface area contributed by atoms with Crippen molar-refractivity contribution in [3.05, 3.63) is 279 Å². The van der Waals surface area contributed by atoms with Crippen molar-refractivity contribution in [3.8, 4) is 111 Å². The zero-order chi connectivity index (χ0) is 44.1. The van der Waals surface area contributed by atoms with Gasteiger partial charge in [-0.3, -0.25) is 0 Å². The maximum Gasteiger partial charge on any atom is -0.0178 e. The largest absolute Gasteiger partial charge is 0.0622 e. The first kappa shape index (κ1) is 40.2. The molecular weight excluding hydrogens is 793 g/mol. The molecule has 11 aromatic carbocycles. The molecule has 0 aliphatic carbocycles. The van der Waals surface area contributed by atoms with E-state index in [0.717, 1.165) is 0 Å². The lowest BCUT2D eigenvalue weighted by molar-refractivity contribution is 1.55. The fraction of sp³-hybridized carbons (Fsp3) is 0. The number of rotatable bonds is 10. The molecule has 0 fully saturated rings. The van der Waals surface area contributed by atoms with Gasteiger partial charge in [0, 0.05) is 0 Å². The first-order valence-electron chi connectivity index (χ1n) is 22.7. The van der Waals surface area contributed by atoms with Gasteiger partial charge in [-0.15, -0.1) is 0 Å². The molecule has 0 aromatic heterocycles. The minimum atomic E-state index is 1.20. The average Bonchev–Trinajstić information content (AvgIpc) is 3.42.